The van der Waals surface area contributed by atoms with E-state index >= 15 is 0 Å². The van der Waals surface area contributed by atoms with Gasteiger partial charge in [0.05, 0.1) is 23.5 Å². The molecule has 0 radical (unpaired) electrons. The van der Waals surface area contributed by atoms with Crippen LogP contribution in [0, 0.1) is 0 Å². The second kappa shape index (κ2) is 7.33. The Morgan fingerprint density at radius 1 is 0.710 bits per heavy atom. The summed E-state index contributed by atoms with van der Waals surface area (Å²) >= 11 is 0. The van der Waals surface area contributed by atoms with Crippen LogP contribution in [0.1, 0.15) is 5.56 Å². The van der Waals surface area contributed by atoms with E-state index in [2.05, 4.69) is 59.7 Å². The Balaban J connectivity index is 1.41. The third-order valence-electron chi connectivity index (χ3n) is 5.76. The summed E-state index contributed by atoms with van der Waals surface area (Å²) < 4.78 is 0. The monoisotopic (exact) mass is 400 g/mol. The minimum absolute atomic E-state index is 0.124. The van der Waals surface area contributed by atoms with Crippen molar-refractivity contribution in [3.63, 3.8) is 0 Å². The molecule has 0 amide bonds. The number of aliphatic imine (C=N–C) groups is 1. The average Bonchev–Trinajstić information content (AvgIpc) is 3.28. The van der Waals surface area contributed by atoms with Crippen LogP contribution in [0.25, 0.3) is 33.5 Å². The van der Waals surface area contributed by atoms with E-state index in [-0.39, 0.29) is 6.17 Å². The number of benzene rings is 3. The summed E-state index contributed by atoms with van der Waals surface area (Å²) in [5.74, 6) is 0.744. The summed E-state index contributed by atoms with van der Waals surface area (Å²) in [6.07, 6.45) is 8.47. The van der Waals surface area contributed by atoms with Gasteiger partial charge in [0.2, 0.25) is 0 Å². The number of aromatic nitrogens is 2. The molecule has 3 heterocycles. The minimum atomic E-state index is 0.124. The number of allylic oxidation sites excluding steroid dienone is 2. The van der Waals surface area contributed by atoms with Gasteiger partial charge in [-0.3, -0.25) is 4.99 Å². The summed E-state index contributed by atoms with van der Waals surface area (Å²) in [6.45, 7) is 0.833. The highest BCUT2D eigenvalue weighted by Crippen LogP contribution is 2.30. The quantitative estimate of drug-likeness (QED) is 0.457. The molecular weight excluding hydrogens is 380 g/mol. The molecule has 2 aliphatic heterocycles. The maximum absolute atomic E-state index is 4.96. The molecule has 1 aromatic heterocycles. The molecule has 0 saturated heterocycles. The summed E-state index contributed by atoms with van der Waals surface area (Å²) in [7, 11) is 0. The van der Waals surface area contributed by atoms with E-state index in [1.807, 2.05) is 48.5 Å². The standard InChI is InChI=1S/C27H20N4/c1-2-8-21(9-3-1)27-29-23-11-5-4-10-22(23)26(30-27)20-15-13-19(14-16-20)24-18-31-17-7-6-12-25(31)28-24/h1-17,25H,18H2. The van der Waals surface area contributed by atoms with E-state index in [1.54, 1.807) is 0 Å². The van der Waals surface area contributed by atoms with E-state index in [0.29, 0.717) is 0 Å². The third kappa shape index (κ3) is 3.22. The van der Waals surface area contributed by atoms with Crippen molar-refractivity contribution >= 4 is 16.6 Å². The van der Waals surface area contributed by atoms with Crippen molar-refractivity contribution in [3.05, 3.63) is 109 Å². The van der Waals surface area contributed by atoms with Gasteiger partial charge in [-0.1, -0.05) is 78.9 Å². The van der Waals surface area contributed by atoms with Gasteiger partial charge in [0.15, 0.2) is 5.82 Å². The van der Waals surface area contributed by atoms with Gasteiger partial charge in [-0.05, 0) is 23.8 Å². The number of hydrogen-bond donors (Lipinski definition) is 0. The van der Waals surface area contributed by atoms with Crippen molar-refractivity contribution < 1.29 is 0 Å². The van der Waals surface area contributed by atoms with Crippen LogP contribution in [0.3, 0.4) is 0 Å². The topological polar surface area (TPSA) is 41.4 Å². The van der Waals surface area contributed by atoms with Crippen LogP contribution in [-0.4, -0.2) is 33.3 Å². The molecule has 31 heavy (non-hydrogen) atoms. The predicted molar refractivity (Wildman–Crippen MR) is 126 cm³/mol. The fourth-order valence-corrected chi connectivity index (χ4v) is 4.16. The second-order valence-corrected chi connectivity index (χ2v) is 7.74. The van der Waals surface area contributed by atoms with Crippen LogP contribution in [0.2, 0.25) is 0 Å². The van der Waals surface area contributed by atoms with Gasteiger partial charge < -0.3 is 4.90 Å². The number of fused-ring (bicyclic) bond motifs is 2. The highest BCUT2D eigenvalue weighted by molar-refractivity contribution is 6.04. The lowest BCUT2D eigenvalue weighted by molar-refractivity contribution is 0.393. The molecular formula is C27H20N4. The van der Waals surface area contributed by atoms with Crippen molar-refractivity contribution in [2.75, 3.05) is 6.54 Å². The lowest BCUT2D eigenvalue weighted by atomic mass is 10.0. The largest absolute Gasteiger partial charge is 0.347 e. The molecule has 0 spiro atoms. The first-order valence-corrected chi connectivity index (χ1v) is 10.5. The fraction of sp³-hybridized carbons (Fsp3) is 0.0741. The van der Waals surface area contributed by atoms with Crippen LogP contribution in [0.5, 0.6) is 0 Å². The van der Waals surface area contributed by atoms with Crippen LogP contribution in [0.4, 0.5) is 0 Å². The Labute approximate surface area is 180 Å². The summed E-state index contributed by atoms with van der Waals surface area (Å²) in [5, 5.41) is 1.06. The molecule has 1 unspecified atom stereocenters. The first-order valence-electron chi connectivity index (χ1n) is 10.5. The number of rotatable bonds is 3. The number of hydrogen-bond acceptors (Lipinski definition) is 4. The maximum Gasteiger partial charge on any atom is 0.160 e. The number of para-hydroxylation sites is 1. The number of nitrogens with zero attached hydrogens (tertiary/aromatic N) is 4. The molecule has 0 bridgehead atoms. The van der Waals surface area contributed by atoms with Gasteiger partial charge >= 0.3 is 0 Å². The molecule has 3 aromatic carbocycles. The molecule has 4 nitrogen and oxygen atoms in total. The highest BCUT2D eigenvalue weighted by Gasteiger charge is 2.23. The second-order valence-electron chi connectivity index (χ2n) is 7.74. The molecule has 0 aliphatic carbocycles. The molecule has 148 valence electrons. The van der Waals surface area contributed by atoms with E-state index in [9.17, 15) is 0 Å². The summed E-state index contributed by atoms with van der Waals surface area (Å²) in [6, 6.07) is 26.9. The zero-order chi connectivity index (χ0) is 20.6. The Kier molecular flexibility index (Phi) is 4.20. The van der Waals surface area contributed by atoms with Gasteiger partial charge in [-0.15, -0.1) is 0 Å². The average molecular weight is 400 g/mol. The van der Waals surface area contributed by atoms with E-state index < -0.39 is 0 Å². The highest BCUT2D eigenvalue weighted by atomic mass is 15.3. The molecule has 1 atom stereocenters. The molecule has 4 aromatic rings. The van der Waals surface area contributed by atoms with Gasteiger partial charge in [-0.2, -0.15) is 0 Å². The molecule has 6 rings (SSSR count). The molecule has 2 aliphatic rings. The van der Waals surface area contributed by atoms with Crippen molar-refractivity contribution in [2.45, 2.75) is 6.17 Å². The first kappa shape index (κ1) is 17.8. The molecule has 0 saturated carbocycles. The molecule has 4 heteroatoms. The lowest BCUT2D eigenvalue weighted by Gasteiger charge is -2.19. The van der Waals surface area contributed by atoms with Crippen LogP contribution in [0.15, 0.2) is 108 Å². The van der Waals surface area contributed by atoms with Crippen LogP contribution >= 0.6 is 0 Å². The maximum atomic E-state index is 4.96. The van der Waals surface area contributed by atoms with E-state index in [4.69, 9.17) is 15.0 Å². The first-order chi connectivity index (χ1) is 15.3. The molecule has 0 fully saturated rings. The van der Waals surface area contributed by atoms with Crippen molar-refractivity contribution in [2.24, 2.45) is 4.99 Å². The Bertz CT molecular complexity index is 1350. The van der Waals surface area contributed by atoms with Gasteiger partial charge in [0.1, 0.15) is 6.17 Å². The normalized spacial score (nSPS) is 17.1. The van der Waals surface area contributed by atoms with E-state index in [1.165, 1.54) is 0 Å². The smallest absolute Gasteiger partial charge is 0.160 e. The van der Waals surface area contributed by atoms with Gasteiger partial charge in [0.25, 0.3) is 0 Å². The SMILES string of the molecule is C1=CC2N=C(c3ccc(-c4nc(-c5ccccc5)nc5ccccc45)cc3)CN2C=C1. The Morgan fingerprint density at radius 2 is 1.48 bits per heavy atom. The minimum Gasteiger partial charge on any atom is -0.347 e. The Morgan fingerprint density at radius 3 is 2.32 bits per heavy atom. The third-order valence-corrected chi connectivity index (χ3v) is 5.76. The predicted octanol–water partition coefficient (Wildman–Crippen LogP) is 5.48. The van der Waals surface area contributed by atoms with Crippen LogP contribution < -0.4 is 0 Å². The lowest BCUT2D eigenvalue weighted by Crippen LogP contribution is -2.25. The van der Waals surface area contributed by atoms with Crippen molar-refractivity contribution in [1.82, 2.24) is 14.9 Å². The Hall–Kier alpha value is -4.05. The van der Waals surface area contributed by atoms with Crippen LogP contribution in [-0.2, 0) is 0 Å². The van der Waals surface area contributed by atoms with Gasteiger partial charge in [-0.25, -0.2) is 9.97 Å². The van der Waals surface area contributed by atoms with E-state index in [0.717, 1.165) is 51.4 Å². The fourth-order valence-electron chi connectivity index (χ4n) is 4.16. The van der Waals surface area contributed by atoms with Gasteiger partial charge in [0, 0.05) is 22.7 Å². The van der Waals surface area contributed by atoms with Crippen molar-refractivity contribution in [1.29, 1.82) is 0 Å². The zero-order valence-corrected chi connectivity index (χ0v) is 16.9. The summed E-state index contributed by atoms with van der Waals surface area (Å²) in [5.41, 5.74) is 6.27. The molecule has 0 N–H and O–H groups in total. The summed E-state index contributed by atoms with van der Waals surface area (Å²) in [4.78, 5) is 16.9. The zero-order valence-electron chi connectivity index (χ0n) is 16.9. The van der Waals surface area contributed by atoms with Crippen molar-refractivity contribution in [3.8, 4) is 22.6 Å².